The van der Waals surface area contributed by atoms with Crippen LogP contribution in [0.25, 0.3) is 10.9 Å². The van der Waals surface area contributed by atoms with Gasteiger partial charge < -0.3 is 10.1 Å². The maximum absolute atomic E-state index is 9.54. The van der Waals surface area contributed by atoms with Crippen LogP contribution in [0.2, 0.25) is 5.02 Å². The molecule has 0 bridgehead atoms. The van der Waals surface area contributed by atoms with E-state index < -0.39 is 0 Å². The number of nitrogens with zero attached hydrogens (tertiary/aromatic N) is 2. The number of piperazine rings is 1. The number of aromatic nitrogens is 1. The number of H-pyrrole nitrogens is 1. The fourth-order valence-electron chi connectivity index (χ4n) is 4.10. The molecule has 4 nitrogen and oxygen atoms in total. The zero-order chi connectivity index (χ0) is 18.8. The largest absolute Gasteiger partial charge is 0.396 e. The Hall–Kier alpha value is -1.37. The second-order valence-electron chi connectivity index (χ2n) is 7.39. The van der Waals surface area contributed by atoms with Gasteiger partial charge in [0.1, 0.15) is 0 Å². The van der Waals surface area contributed by atoms with Crippen LogP contribution in [0.5, 0.6) is 0 Å². The molecule has 144 valence electrons. The first-order chi connectivity index (χ1) is 13.2. The summed E-state index contributed by atoms with van der Waals surface area (Å²) >= 11 is 8.11. The Morgan fingerprint density at radius 1 is 1.26 bits per heavy atom. The quantitative estimate of drug-likeness (QED) is 0.646. The van der Waals surface area contributed by atoms with Gasteiger partial charge in [0.05, 0.1) is 10.5 Å². The second kappa shape index (κ2) is 8.33. The Morgan fingerprint density at radius 2 is 2.15 bits per heavy atom. The number of nitrogens with one attached hydrogen (secondary N) is 1. The van der Waals surface area contributed by atoms with Gasteiger partial charge in [-0.15, -0.1) is 0 Å². The van der Waals surface area contributed by atoms with Crippen LogP contribution in [0.3, 0.4) is 0 Å². The lowest BCUT2D eigenvalue weighted by Crippen LogP contribution is -2.52. The van der Waals surface area contributed by atoms with Gasteiger partial charge in [-0.2, -0.15) is 11.3 Å². The van der Waals surface area contributed by atoms with E-state index in [1.807, 2.05) is 12.1 Å². The van der Waals surface area contributed by atoms with E-state index >= 15 is 0 Å². The predicted molar refractivity (Wildman–Crippen MR) is 114 cm³/mol. The molecule has 3 aromatic rings. The number of para-hydroxylation sites is 1. The molecule has 1 saturated heterocycles. The summed E-state index contributed by atoms with van der Waals surface area (Å²) in [5, 5.41) is 15.9. The molecule has 1 aliphatic heterocycles. The number of aryl methyl sites for hydroxylation is 1. The summed E-state index contributed by atoms with van der Waals surface area (Å²) < 4.78 is 0. The molecule has 0 unspecified atom stereocenters. The zero-order valence-corrected chi connectivity index (χ0v) is 17.2. The molecule has 3 heterocycles. The number of aromatic amines is 1. The summed E-state index contributed by atoms with van der Waals surface area (Å²) in [6.45, 7) is 7.32. The Bertz CT molecular complexity index is 892. The average Bonchev–Trinajstić information content (AvgIpc) is 3.28. The summed E-state index contributed by atoms with van der Waals surface area (Å²) in [6.07, 6.45) is 0.818. The van der Waals surface area contributed by atoms with Crippen molar-refractivity contribution in [2.45, 2.75) is 32.5 Å². The van der Waals surface area contributed by atoms with Crippen molar-refractivity contribution >= 4 is 33.8 Å². The van der Waals surface area contributed by atoms with Gasteiger partial charge in [-0.1, -0.05) is 23.7 Å². The highest BCUT2D eigenvalue weighted by Crippen LogP contribution is 2.29. The molecule has 1 fully saturated rings. The van der Waals surface area contributed by atoms with Gasteiger partial charge in [-0.3, -0.25) is 9.80 Å². The normalized spacial score (nSPS) is 19.1. The maximum Gasteiger partial charge on any atom is 0.0648 e. The van der Waals surface area contributed by atoms with Gasteiger partial charge in [0.25, 0.3) is 0 Å². The van der Waals surface area contributed by atoms with Crippen molar-refractivity contribution in [3.63, 3.8) is 0 Å². The number of halogens is 1. The lowest BCUT2D eigenvalue weighted by atomic mass is 10.1. The first-order valence-electron chi connectivity index (χ1n) is 9.49. The highest BCUT2D eigenvalue weighted by atomic mass is 35.5. The van der Waals surface area contributed by atoms with Gasteiger partial charge in [-0.25, -0.2) is 0 Å². The van der Waals surface area contributed by atoms with Crippen LogP contribution in [0.1, 0.15) is 23.2 Å². The molecule has 1 aromatic carbocycles. The minimum absolute atomic E-state index is 0.236. The molecular formula is C21H26ClN3OS. The molecule has 1 aliphatic rings. The van der Waals surface area contributed by atoms with E-state index in [0.717, 1.165) is 49.7 Å². The first-order valence-corrected chi connectivity index (χ1v) is 10.8. The highest BCUT2D eigenvalue weighted by molar-refractivity contribution is 7.07. The molecule has 0 radical (unpaired) electrons. The molecule has 6 heteroatoms. The summed E-state index contributed by atoms with van der Waals surface area (Å²) in [5.41, 5.74) is 4.94. The highest BCUT2D eigenvalue weighted by Gasteiger charge is 2.27. The smallest absolute Gasteiger partial charge is 0.0648 e. The molecule has 0 aliphatic carbocycles. The number of fused-ring (bicyclic) bond motifs is 1. The number of benzene rings is 1. The number of rotatable bonds is 6. The standard InChI is InChI=1S/C21H26ClN3OS/c1-15-18-3-2-4-19(22)21(18)23-20(15)13-24-7-8-25(17(12-24)5-9-26)11-16-6-10-27-14-16/h2-4,6,10,14,17,23,26H,5,7-9,11-13H2,1H3/t17-/m1/s1. The van der Waals surface area contributed by atoms with E-state index in [1.54, 1.807) is 11.3 Å². The van der Waals surface area contributed by atoms with Crippen molar-refractivity contribution in [2.75, 3.05) is 26.2 Å². The van der Waals surface area contributed by atoms with Crippen LogP contribution in [-0.4, -0.2) is 52.2 Å². The molecule has 27 heavy (non-hydrogen) atoms. The summed E-state index contributed by atoms with van der Waals surface area (Å²) in [5.74, 6) is 0. The Kier molecular flexibility index (Phi) is 5.85. The van der Waals surface area contributed by atoms with E-state index in [2.05, 4.69) is 44.6 Å². The molecule has 0 amide bonds. The van der Waals surface area contributed by atoms with E-state index in [9.17, 15) is 5.11 Å². The Morgan fingerprint density at radius 3 is 2.89 bits per heavy atom. The molecule has 0 saturated carbocycles. The topological polar surface area (TPSA) is 42.5 Å². The third-order valence-electron chi connectivity index (χ3n) is 5.64. The molecule has 4 rings (SSSR count). The fraction of sp³-hybridized carbons (Fsp3) is 0.429. The number of hydrogen-bond donors (Lipinski definition) is 2. The Labute approximate surface area is 169 Å². The number of hydrogen-bond acceptors (Lipinski definition) is 4. The SMILES string of the molecule is Cc1c(CN2CCN(Cc3ccsc3)[C@H](CCO)C2)[nH]c2c(Cl)cccc12. The average molecular weight is 404 g/mol. The zero-order valence-electron chi connectivity index (χ0n) is 15.6. The number of aliphatic hydroxyl groups is 1. The third-order valence-corrected chi connectivity index (χ3v) is 6.69. The lowest BCUT2D eigenvalue weighted by molar-refractivity contribution is 0.0495. The van der Waals surface area contributed by atoms with Crippen LogP contribution >= 0.6 is 22.9 Å². The second-order valence-corrected chi connectivity index (χ2v) is 8.58. The lowest BCUT2D eigenvalue weighted by Gasteiger charge is -2.41. The third kappa shape index (κ3) is 4.08. The van der Waals surface area contributed by atoms with Gasteiger partial charge in [0.15, 0.2) is 0 Å². The monoisotopic (exact) mass is 403 g/mol. The van der Waals surface area contributed by atoms with Crippen LogP contribution in [0.15, 0.2) is 35.0 Å². The summed E-state index contributed by atoms with van der Waals surface area (Å²) in [7, 11) is 0. The van der Waals surface area contributed by atoms with Crippen LogP contribution < -0.4 is 0 Å². The first kappa shape index (κ1) is 19.0. The number of thiophene rings is 1. The van der Waals surface area contributed by atoms with E-state index in [1.165, 1.54) is 22.2 Å². The fourth-order valence-corrected chi connectivity index (χ4v) is 4.98. The van der Waals surface area contributed by atoms with Gasteiger partial charge in [0, 0.05) is 56.5 Å². The molecule has 0 spiro atoms. The van der Waals surface area contributed by atoms with Crippen LogP contribution in [0, 0.1) is 6.92 Å². The van der Waals surface area contributed by atoms with E-state index in [4.69, 9.17) is 11.6 Å². The summed E-state index contributed by atoms with van der Waals surface area (Å²) in [4.78, 5) is 8.55. The van der Waals surface area contributed by atoms with Crippen LogP contribution in [0.4, 0.5) is 0 Å². The maximum atomic E-state index is 9.54. The van der Waals surface area contributed by atoms with Crippen molar-refractivity contribution < 1.29 is 5.11 Å². The van der Waals surface area contributed by atoms with Gasteiger partial charge in [-0.05, 0) is 47.4 Å². The molecule has 1 atom stereocenters. The minimum Gasteiger partial charge on any atom is -0.396 e. The predicted octanol–water partition coefficient (Wildman–Crippen LogP) is 4.26. The van der Waals surface area contributed by atoms with E-state index in [-0.39, 0.29) is 6.61 Å². The van der Waals surface area contributed by atoms with Gasteiger partial charge >= 0.3 is 0 Å². The summed E-state index contributed by atoms with van der Waals surface area (Å²) in [6, 6.07) is 8.66. The van der Waals surface area contributed by atoms with Crippen LogP contribution in [-0.2, 0) is 13.1 Å². The van der Waals surface area contributed by atoms with Gasteiger partial charge in [0.2, 0.25) is 0 Å². The van der Waals surface area contributed by atoms with E-state index in [0.29, 0.717) is 6.04 Å². The molecular weight excluding hydrogens is 378 g/mol. The van der Waals surface area contributed by atoms with Crippen molar-refractivity contribution in [3.05, 3.63) is 56.9 Å². The van der Waals surface area contributed by atoms with Crippen molar-refractivity contribution in [2.24, 2.45) is 0 Å². The number of aliphatic hydroxyl groups excluding tert-OH is 1. The molecule has 2 N–H and O–H groups in total. The Balaban J connectivity index is 1.47. The van der Waals surface area contributed by atoms with Crippen molar-refractivity contribution in [1.82, 2.24) is 14.8 Å². The van der Waals surface area contributed by atoms with Crippen molar-refractivity contribution in [1.29, 1.82) is 0 Å². The van der Waals surface area contributed by atoms with Crippen molar-refractivity contribution in [3.8, 4) is 0 Å². The minimum atomic E-state index is 0.236. The molecule has 2 aromatic heterocycles.